The van der Waals surface area contributed by atoms with E-state index in [0.29, 0.717) is 5.56 Å². The van der Waals surface area contributed by atoms with E-state index < -0.39 is 117 Å². The largest absolute Gasteiger partial charge is 0.507 e. The monoisotopic (exact) mass is 728 g/mol. The van der Waals surface area contributed by atoms with Crippen LogP contribution in [0.2, 0.25) is 0 Å². The predicted octanol–water partition coefficient (Wildman–Crippen LogP) is -3.08. The van der Waals surface area contributed by atoms with E-state index in [4.69, 9.17) is 37.9 Å². The molecular formula is C32H40O19. The summed E-state index contributed by atoms with van der Waals surface area (Å²) < 4.78 is 44.5. The zero-order valence-corrected chi connectivity index (χ0v) is 27.0. The number of rotatable bonds is 11. The van der Waals surface area contributed by atoms with Gasteiger partial charge in [-0.25, -0.2) is 0 Å². The molecule has 4 aliphatic rings. The van der Waals surface area contributed by atoms with Crippen molar-refractivity contribution in [2.75, 3.05) is 40.1 Å². The number of fused-ring (bicyclic) bond motifs is 1. The van der Waals surface area contributed by atoms with E-state index in [-0.39, 0.29) is 35.0 Å². The van der Waals surface area contributed by atoms with Gasteiger partial charge < -0.3 is 89.0 Å². The number of hydrogen-bond donors (Lipinski definition) is 10. The Hall–Kier alpha value is -3.41. The van der Waals surface area contributed by atoms with E-state index >= 15 is 0 Å². The molecule has 10 N–H and O–H groups in total. The SMILES string of the molecule is COc1cc([C@H]2CC(=O)c3c(O)cc(O[C@H]4O[C@@H](CO)[C@H](O)[C@@H](O)[C@@H]4O[C@@H]4OC[C@@](O)(CO[C@@H]5OC[C@@](O)(CO)[C@@H]5O)[C@@H]4O)cc3O2)ccc1O. The third kappa shape index (κ3) is 7.05. The van der Waals surface area contributed by atoms with Crippen LogP contribution in [0.1, 0.15) is 28.4 Å². The van der Waals surface area contributed by atoms with Gasteiger partial charge in [0.1, 0.15) is 70.6 Å². The van der Waals surface area contributed by atoms with Gasteiger partial charge in [-0.15, -0.1) is 0 Å². The van der Waals surface area contributed by atoms with Crippen molar-refractivity contribution in [2.45, 2.75) is 79.2 Å². The Labute approximate surface area is 289 Å². The number of phenolic OH excluding ortho intramolecular Hbond substituents is 2. The van der Waals surface area contributed by atoms with E-state index in [1.807, 2.05) is 0 Å². The molecule has 2 aromatic carbocycles. The molecule has 0 saturated carbocycles. The van der Waals surface area contributed by atoms with Crippen LogP contribution in [0.5, 0.6) is 28.7 Å². The minimum Gasteiger partial charge on any atom is -0.507 e. The van der Waals surface area contributed by atoms with E-state index in [1.54, 1.807) is 0 Å². The number of Topliss-reactive ketones (excluding diaryl/α,β-unsaturated/α-hetero) is 1. The maximum Gasteiger partial charge on any atom is 0.229 e. The molecule has 4 aliphatic heterocycles. The number of benzene rings is 2. The number of aliphatic hydroxyl groups is 8. The molecule has 0 unspecified atom stereocenters. The molecule has 2 aromatic rings. The van der Waals surface area contributed by atoms with Gasteiger partial charge in [-0.1, -0.05) is 6.07 Å². The lowest BCUT2D eigenvalue weighted by atomic mass is 9.95. The summed E-state index contributed by atoms with van der Waals surface area (Å²) >= 11 is 0. The molecule has 0 bridgehead atoms. The van der Waals surface area contributed by atoms with Crippen LogP contribution in [0.15, 0.2) is 30.3 Å². The highest BCUT2D eigenvalue weighted by Crippen LogP contribution is 2.44. The van der Waals surface area contributed by atoms with Crippen molar-refractivity contribution in [3.8, 4) is 28.7 Å². The van der Waals surface area contributed by atoms with Crippen LogP contribution >= 0.6 is 0 Å². The summed E-state index contributed by atoms with van der Waals surface area (Å²) in [6.45, 7) is -3.36. The first-order valence-electron chi connectivity index (χ1n) is 15.9. The average Bonchev–Trinajstić information content (AvgIpc) is 3.56. The Morgan fingerprint density at radius 3 is 2.27 bits per heavy atom. The van der Waals surface area contributed by atoms with Gasteiger partial charge >= 0.3 is 0 Å². The van der Waals surface area contributed by atoms with Gasteiger partial charge in [0.05, 0.1) is 46.6 Å². The molecular weight excluding hydrogens is 688 g/mol. The zero-order valence-electron chi connectivity index (χ0n) is 27.0. The number of ether oxygens (including phenoxy) is 8. The van der Waals surface area contributed by atoms with Gasteiger partial charge in [0.25, 0.3) is 0 Å². The van der Waals surface area contributed by atoms with Crippen molar-refractivity contribution >= 4 is 5.78 Å². The molecule has 0 spiro atoms. The maximum absolute atomic E-state index is 13.1. The molecule has 3 saturated heterocycles. The standard InChI is InChI=1S/C32H40O19/c1-44-19-4-13(2-3-15(19)35)18-7-17(37)22-16(36)5-14(6-20(22)49-18)48-28-25(24(39)23(38)21(8-33)50-28)51-30-27(41)32(43,12-47-30)11-46-29-26(40)31(42,9-34)10-45-29/h2-6,18,21,23-30,33-36,38-43H,7-12H2,1H3/t18-,21+,23+,24-,25+,26-,27-,28+,29+,30+,31+,32+/m1/s1. The molecule has 0 aromatic heterocycles. The fourth-order valence-corrected chi connectivity index (χ4v) is 6.21. The number of ketones is 1. The summed E-state index contributed by atoms with van der Waals surface area (Å²) in [6.07, 6.45) is -16.0. The molecule has 0 radical (unpaired) electrons. The van der Waals surface area contributed by atoms with E-state index in [9.17, 15) is 55.9 Å². The van der Waals surface area contributed by atoms with Crippen LogP contribution < -0.4 is 14.2 Å². The van der Waals surface area contributed by atoms with E-state index in [2.05, 4.69) is 0 Å². The van der Waals surface area contributed by atoms with Crippen molar-refractivity contribution in [2.24, 2.45) is 0 Å². The molecule has 12 atom stereocenters. The fourth-order valence-electron chi connectivity index (χ4n) is 6.21. The first kappa shape index (κ1) is 37.4. The highest BCUT2D eigenvalue weighted by molar-refractivity contribution is 6.02. The number of hydrogen-bond acceptors (Lipinski definition) is 19. The second-order valence-corrected chi connectivity index (χ2v) is 12.8. The average molecular weight is 729 g/mol. The van der Waals surface area contributed by atoms with Gasteiger partial charge in [0, 0.05) is 12.1 Å². The third-order valence-electron chi connectivity index (χ3n) is 9.30. The van der Waals surface area contributed by atoms with Gasteiger partial charge in [-0.05, 0) is 17.7 Å². The quantitative estimate of drug-likeness (QED) is 0.110. The summed E-state index contributed by atoms with van der Waals surface area (Å²) in [4.78, 5) is 13.1. The van der Waals surface area contributed by atoms with Gasteiger partial charge in [-0.3, -0.25) is 4.79 Å². The molecule has 3 fully saturated rings. The van der Waals surface area contributed by atoms with Crippen LogP contribution in [0.3, 0.4) is 0 Å². The van der Waals surface area contributed by atoms with Crippen LogP contribution in [-0.4, -0.2) is 164 Å². The maximum atomic E-state index is 13.1. The molecule has 19 nitrogen and oxygen atoms in total. The fraction of sp³-hybridized carbons (Fsp3) is 0.594. The predicted molar refractivity (Wildman–Crippen MR) is 163 cm³/mol. The minimum absolute atomic E-state index is 0.0840. The molecule has 282 valence electrons. The molecule has 0 amide bonds. The highest BCUT2D eigenvalue weighted by Gasteiger charge is 2.55. The summed E-state index contributed by atoms with van der Waals surface area (Å²) in [5.74, 6) is -1.21. The van der Waals surface area contributed by atoms with E-state index in [1.165, 1.54) is 31.4 Å². The first-order chi connectivity index (χ1) is 24.2. The summed E-state index contributed by atoms with van der Waals surface area (Å²) in [7, 11) is 1.36. The number of carbonyl (C=O) groups is 1. The molecule has 6 rings (SSSR count). The first-order valence-corrected chi connectivity index (χ1v) is 15.9. The van der Waals surface area contributed by atoms with Crippen LogP contribution in [0, 0.1) is 0 Å². The molecule has 19 heteroatoms. The number of aromatic hydroxyl groups is 2. The summed E-state index contributed by atoms with van der Waals surface area (Å²) in [5, 5.41) is 104. The topological polar surface area (TPSA) is 293 Å². The van der Waals surface area contributed by atoms with Crippen molar-refractivity contribution in [1.29, 1.82) is 0 Å². The van der Waals surface area contributed by atoms with Gasteiger partial charge in [0.15, 0.2) is 36.0 Å². The van der Waals surface area contributed by atoms with Crippen molar-refractivity contribution in [1.82, 2.24) is 0 Å². The Kier molecular flexibility index (Phi) is 10.7. The highest BCUT2D eigenvalue weighted by atomic mass is 16.8. The van der Waals surface area contributed by atoms with E-state index in [0.717, 1.165) is 6.07 Å². The van der Waals surface area contributed by atoms with Gasteiger partial charge in [-0.2, -0.15) is 0 Å². The molecule has 0 aliphatic carbocycles. The van der Waals surface area contributed by atoms with Crippen LogP contribution in [0.25, 0.3) is 0 Å². The zero-order chi connectivity index (χ0) is 36.8. The lowest BCUT2D eigenvalue weighted by Gasteiger charge is -2.42. The molecule has 4 heterocycles. The lowest BCUT2D eigenvalue weighted by Crippen LogP contribution is -2.62. The number of carbonyl (C=O) groups excluding carboxylic acids is 1. The second kappa shape index (κ2) is 14.5. The van der Waals surface area contributed by atoms with Gasteiger partial charge in [0.2, 0.25) is 6.29 Å². The normalized spacial score (nSPS) is 37.9. The Balaban J connectivity index is 1.18. The number of aliphatic hydroxyl groups excluding tert-OH is 6. The Bertz CT molecular complexity index is 1570. The second-order valence-electron chi connectivity index (χ2n) is 12.8. The Morgan fingerprint density at radius 2 is 1.59 bits per heavy atom. The lowest BCUT2D eigenvalue weighted by molar-refractivity contribution is -0.319. The summed E-state index contributed by atoms with van der Waals surface area (Å²) in [5.41, 5.74) is -3.82. The molecule has 51 heavy (non-hydrogen) atoms. The third-order valence-corrected chi connectivity index (χ3v) is 9.30. The Morgan fingerprint density at radius 1 is 0.882 bits per heavy atom. The van der Waals surface area contributed by atoms with Crippen molar-refractivity contribution in [3.05, 3.63) is 41.5 Å². The summed E-state index contributed by atoms with van der Waals surface area (Å²) in [6, 6.07) is 6.74. The van der Waals surface area contributed by atoms with Crippen LogP contribution in [-0.2, 0) is 23.7 Å². The minimum atomic E-state index is -2.18. The number of methoxy groups -OCH3 is 1. The number of phenols is 2. The van der Waals surface area contributed by atoms with Crippen LogP contribution in [0.4, 0.5) is 0 Å². The smallest absolute Gasteiger partial charge is 0.229 e. The van der Waals surface area contributed by atoms with Crippen molar-refractivity contribution < 1.29 is 93.8 Å². The van der Waals surface area contributed by atoms with Crippen molar-refractivity contribution in [3.63, 3.8) is 0 Å².